The summed E-state index contributed by atoms with van der Waals surface area (Å²) in [5.41, 5.74) is 1.74. The molecule has 1 atom stereocenters. The number of amides is 1. The fourth-order valence-corrected chi connectivity index (χ4v) is 2.69. The van der Waals surface area contributed by atoms with Gasteiger partial charge < -0.3 is 0 Å². The molecule has 0 radical (unpaired) electrons. The van der Waals surface area contributed by atoms with Crippen LogP contribution in [0.5, 0.6) is 0 Å². The first-order valence-corrected chi connectivity index (χ1v) is 7.30. The maximum Gasteiger partial charge on any atom is 0.269 e. The van der Waals surface area contributed by atoms with E-state index in [4.69, 9.17) is 0 Å². The van der Waals surface area contributed by atoms with Crippen LogP contribution in [0.4, 0.5) is 11.4 Å². The third-order valence-electron chi connectivity index (χ3n) is 3.93. The first-order chi connectivity index (χ1) is 12.0. The number of carbonyl (C=O) groups excluding carboxylic acids is 1. The lowest BCUT2D eigenvalue weighted by Gasteiger charge is -2.17. The van der Waals surface area contributed by atoms with Gasteiger partial charge in [-0.05, 0) is 23.3 Å². The Bertz CT molecular complexity index is 878. The fraction of sp³-hybridized carbons (Fsp3) is 0.125. The summed E-state index contributed by atoms with van der Waals surface area (Å²) in [6.45, 7) is 0. The number of nitro benzene ring substituents is 2. The summed E-state index contributed by atoms with van der Waals surface area (Å²) in [5, 5.41) is 27.1. The van der Waals surface area contributed by atoms with Gasteiger partial charge in [0.15, 0.2) is 0 Å². The fourth-order valence-electron chi connectivity index (χ4n) is 2.69. The van der Waals surface area contributed by atoms with Gasteiger partial charge in [-0.2, -0.15) is 5.10 Å². The Balaban J connectivity index is 1.88. The molecule has 1 aliphatic heterocycles. The summed E-state index contributed by atoms with van der Waals surface area (Å²) >= 11 is 0. The van der Waals surface area contributed by atoms with Crippen LogP contribution in [0.15, 0.2) is 53.6 Å². The van der Waals surface area contributed by atoms with E-state index in [2.05, 4.69) is 5.10 Å². The summed E-state index contributed by atoms with van der Waals surface area (Å²) in [4.78, 5) is 32.0. The summed E-state index contributed by atoms with van der Waals surface area (Å²) in [5.74, 6) is 0. The van der Waals surface area contributed by atoms with Gasteiger partial charge in [0.25, 0.3) is 11.4 Å². The maximum atomic E-state index is 11.3. The second-order valence-electron chi connectivity index (χ2n) is 5.41. The van der Waals surface area contributed by atoms with E-state index in [0.717, 1.165) is 0 Å². The molecular weight excluding hydrogens is 328 g/mol. The van der Waals surface area contributed by atoms with Crippen molar-refractivity contribution >= 4 is 23.5 Å². The minimum atomic E-state index is -0.498. The van der Waals surface area contributed by atoms with E-state index in [1.807, 2.05) is 0 Å². The standard InChI is InChI=1S/C16H12N4O5/c21-10-18-16(12-2-1-3-14(8-12)20(24)25)9-15(17-18)11-4-6-13(7-5-11)19(22)23/h1-8,10,16H,9H2. The molecule has 0 fully saturated rings. The van der Waals surface area contributed by atoms with E-state index >= 15 is 0 Å². The van der Waals surface area contributed by atoms with Crippen molar-refractivity contribution in [3.8, 4) is 0 Å². The predicted octanol–water partition coefficient (Wildman–Crippen LogP) is 2.81. The van der Waals surface area contributed by atoms with Gasteiger partial charge in [-0.1, -0.05) is 12.1 Å². The Morgan fingerprint density at radius 3 is 2.32 bits per heavy atom. The van der Waals surface area contributed by atoms with Gasteiger partial charge in [-0.15, -0.1) is 0 Å². The van der Waals surface area contributed by atoms with Gasteiger partial charge in [0.05, 0.1) is 21.6 Å². The summed E-state index contributed by atoms with van der Waals surface area (Å²) in [6, 6.07) is 11.4. The zero-order valence-electron chi connectivity index (χ0n) is 12.8. The Labute approximate surface area is 141 Å². The Morgan fingerprint density at radius 1 is 1.04 bits per heavy atom. The molecule has 1 unspecified atom stereocenters. The van der Waals surface area contributed by atoms with Gasteiger partial charge >= 0.3 is 0 Å². The van der Waals surface area contributed by atoms with E-state index in [1.165, 1.54) is 29.3 Å². The van der Waals surface area contributed by atoms with Crippen molar-refractivity contribution in [2.45, 2.75) is 12.5 Å². The molecule has 1 heterocycles. The topological polar surface area (TPSA) is 119 Å². The van der Waals surface area contributed by atoms with Crippen LogP contribution in [0.2, 0.25) is 0 Å². The average molecular weight is 340 g/mol. The zero-order chi connectivity index (χ0) is 18.0. The zero-order valence-corrected chi connectivity index (χ0v) is 12.8. The average Bonchev–Trinajstić information content (AvgIpc) is 3.06. The largest absolute Gasteiger partial charge is 0.277 e. The number of hydrogen-bond acceptors (Lipinski definition) is 6. The van der Waals surface area contributed by atoms with Crippen molar-refractivity contribution in [1.82, 2.24) is 5.01 Å². The number of nitro groups is 2. The van der Waals surface area contributed by atoms with E-state index in [-0.39, 0.29) is 11.4 Å². The highest BCUT2D eigenvalue weighted by atomic mass is 16.6. The smallest absolute Gasteiger partial charge is 0.269 e. The molecule has 9 nitrogen and oxygen atoms in total. The van der Waals surface area contributed by atoms with Crippen molar-refractivity contribution in [2.24, 2.45) is 5.10 Å². The number of nitrogens with zero attached hydrogens (tertiary/aromatic N) is 4. The quantitative estimate of drug-likeness (QED) is 0.471. The molecule has 0 saturated heterocycles. The minimum absolute atomic E-state index is 0.0372. The van der Waals surface area contributed by atoms with Crippen molar-refractivity contribution in [3.05, 3.63) is 79.9 Å². The summed E-state index contributed by atoms with van der Waals surface area (Å²) in [7, 11) is 0. The molecule has 2 aromatic carbocycles. The normalized spacial score (nSPS) is 16.4. The number of hydrogen-bond donors (Lipinski definition) is 0. The van der Waals surface area contributed by atoms with Crippen molar-refractivity contribution in [1.29, 1.82) is 0 Å². The Kier molecular flexibility index (Phi) is 4.21. The highest BCUT2D eigenvalue weighted by Gasteiger charge is 2.29. The second kappa shape index (κ2) is 6.48. The van der Waals surface area contributed by atoms with E-state index in [0.29, 0.717) is 29.7 Å². The lowest BCUT2D eigenvalue weighted by molar-refractivity contribution is -0.385. The first kappa shape index (κ1) is 16.2. The van der Waals surface area contributed by atoms with Crippen LogP contribution >= 0.6 is 0 Å². The van der Waals surface area contributed by atoms with Crippen molar-refractivity contribution in [2.75, 3.05) is 0 Å². The SMILES string of the molecule is O=CN1N=C(c2ccc([N+](=O)[O-])cc2)CC1c1cccc([N+](=O)[O-])c1. The molecule has 2 aromatic rings. The molecule has 25 heavy (non-hydrogen) atoms. The molecule has 126 valence electrons. The van der Waals surface area contributed by atoms with Crippen molar-refractivity contribution < 1.29 is 14.6 Å². The van der Waals surface area contributed by atoms with Crippen LogP contribution in [0.3, 0.4) is 0 Å². The van der Waals surface area contributed by atoms with Crippen LogP contribution in [0.25, 0.3) is 0 Å². The van der Waals surface area contributed by atoms with Gasteiger partial charge in [0, 0.05) is 30.7 Å². The highest BCUT2D eigenvalue weighted by molar-refractivity contribution is 6.02. The molecule has 0 aliphatic carbocycles. The summed E-state index contributed by atoms with van der Waals surface area (Å²) < 4.78 is 0. The number of non-ortho nitro benzene ring substituents is 2. The third-order valence-corrected chi connectivity index (χ3v) is 3.93. The van der Waals surface area contributed by atoms with Crippen LogP contribution < -0.4 is 0 Å². The number of benzene rings is 2. The van der Waals surface area contributed by atoms with Gasteiger partial charge in [0.1, 0.15) is 0 Å². The maximum absolute atomic E-state index is 11.3. The van der Waals surface area contributed by atoms with Crippen LogP contribution in [-0.4, -0.2) is 27.0 Å². The first-order valence-electron chi connectivity index (χ1n) is 7.30. The number of carbonyl (C=O) groups is 1. The molecule has 1 amide bonds. The van der Waals surface area contributed by atoms with Crippen LogP contribution in [-0.2, 0) is 4.79 Å². The van der Waals surface area contributed by atoms with Gasteiger partial charge in [-0.25, -0.2) is 5.01 Å². The number of rotatable bonds is 5. The lowest BCUT2D eigenvalue weighted by Crippen LogP contribution is -2.17. The summed E-state index contributed by atoms with van der Waals surface area (Å²) in [6.07, 6.45) is 0.916. The molecule has 9 heteroatoms. The Hall–Kier alpha value is -3.62. The molecular formula is C16H12N4O5. The van der Waals surface area contributed by atoms with E-state index < -0.39 is 15.9 Å². The predicted molar refractivity (Wildman–Crippen MR) is 88.0 cm³/mol. The molecule has 0 bridgehead atoms. The monoisotopic (exact) mass is 340 g/mol. The molecule has 0 spiro atoms. The van der Waals surface area contributed by atoms with Crippen molar-refractivity contribution in [3.63, 3.8) is 0 Å². The van der Waals surface area contributed by atoms with Gasteiger partial charge in [-0.3, -0.25) is 25.0 Å². The van der Waals surface area contributed by atoms with Crippen LogP contribution in [0, 0.1) is 20.2 Å². The lowest BCUT2D eigenvalue weighted by atomic mass is 9.98. The van der Waals surface area contributed by atoms with E-state index in [1.54, 1.807) is 24.3 Å². The molecule has 0 N–H and O–H groups in total. The molecule has 1 aliphatic rings. The molecule has 3 rings (SSSR count). The second-order valence-corrected chi connectivity index (χ2v) is 5.41. The Morgan fingerprint density at radius 2 is 1.72 bits per heavy atom. The minimum Gasteiger partial charge on any atom is -0.277 e. The highest BCUT2D eigenvalue weighted by Crippen LogP contribution is 2.33. The number of hydrazone groups is 1. The third kappa shape index (κ3) is 3.20. The molecule has 0 saturated carbocycles. The van der Waals surface area contributed by atoms with Crippen LogP contribution in [0.1, 0.15) is 23.6 Å². The molecule has 0 aromatic heterocycles. The van der Waals surface area contributed by atoms with Gasteiger partial charge in [0.2, 0.25) is 6.41 Å². The van der Waals surface area contributed by atoms with E-state index in [9.17, 15) is 25.0 Å².